The molecule has 0 N–H and O–H groups in total. The molecular formula is C61H41N. The molecule has 11 aromatic carbocycles. The first-order valence-electron chi connectivity index (χ1n) is 21.5. The van der Waals surface area contributed by atoms with Gasteiger partial charge in [0.05, 0.1) is 5.41 Å². The van der Waals surface area contributed by atoms with E-state index in [2.05, 4.69) is 254 Å². The maximum absolute atomic E-state index is 2.47. The van der Waals surface area contributed by atoms with Crippen molar-refractivity contribution in [2.45, 2.75) is 5.41 Å². The molecule has 290 valence electrons. The predicted octanol–water partition coefficient (Wildman–Crippen LogP) is 16.3. The lowest BCUT2D eigenvalue weighted by Crippen LogP contribution is -2.28. The molecule has 0 saturated carbocycles. The molecule has 0 aliphatic heterocycles. The van der Waals surface area contributed by atoms with E-state index >= 15 is 0 Å². The second kappa shape index (κ2) is 14.6. The van der Waals surface area contributed by atoms with Crippen LogP contribution >= 0.6 is 0 Å². The third-order valence-corrected chi connectivity index (χ3v) is 13.0. The quantitative estimate of drug-likeness (QED) is 0.110. The highest BCUT2D eigenvalue weighted by molar-refractivity contribution is 6.17. The molecule has 0 saturated heterocycles. The summed E-state index contributed by atoms with van der Waals surface area (Å²) in [6.45, 7) is 0. The van der Waals surface area contributed by atoms with Crippen LogP contribution < -0.4 is 4.90 Å². The smallest absolute Gasteiger partial charge is 0.0714 e. The summed E-state index contributed by atoms with van der Waals surface area (Å²) in [6, 6.07) is 87.0. The zero-order valence-corrected chi connectivity index (χ0v) is 34.1. The van der Waals surface area contributed by atoms with E-state index in [1.165, 1.54) is 76.5 Å². The van der Waals surface area contributed by atoms with Crippen LogP contribution in [0.4, 0.5) is 17.1 Å². The van der Waals surface area contributed by atoms with Gasteiger partial charge >= 0.3 is 0 Å². The largest absolute Gasteiger partial charge is 0.310 e. The first-order valence-corrected chi connectivity index (χ1v) is 21.5. The van der Waals surface area contributed by atoms with Gasteiger partial charge in [-0.2, -0.15) is 0 Å². The van der Waals surface area contributed by atoms with Gasteiger partial charge in [-0.15, -0.1) is 0 Å². The van der Waals surface area contributed by atoms with Crippen molar-refractivity contribution in [1.82, 2.24) is 0 Å². The van der Waals surface area contributed by atoms with Crippen molar-refractivity contribution >= 4 is 72.3 Å². The molecule has 1 heteroatoms. The number of nitrogens with zero attached hydrogens (tertiary/aromatic N) is 1. The lowest BCUT2D eigenvalue weighted by atomic mass is 9.67. The molecule has 0 unspecified atom stereocenters. The van der Waals surface area contributed by atoms with E-state index < -0.39 is 5.41 Å². The van der Waals surface area contributed by atoms with Gasteiger partial charge in [0.2, 0.25) is 0 Å². The number of anilines is 3. The molecule has 0 heterocycles. The zero-order valence-electron chi connectivity index (χ0n) is 34.1. The minimum atomic E-state index is -0.430. The number of fused-ring (bicyclic) bond motifs is 2. The fraction of sp³-hybridized carbons (Fsp3) is 0.0164. The highest BCUT2D eigenvalue weighted by Gasteiger charge is 2.45. The molecule has 1 aliphatic rings. The van der Waals surface area contributed by atoms with Crippen LogP contribution in [0, 0.1) is 0 Å². The van der Waals surface area contributed by atoms with Gasteiger partial charge in [0.15, 0.2) is 0 Å². The molecule has 0 spiro atoms. The molecule has 62 heavy (non-hydrogen) atoms. The molecule has 1 aliphatic carbocycles. The van der Waals surface area contributed by atoms with Crippen LogP contribution in [0.15, 0.2) is 237 Å². The summed E-state index contributed by atoms with van der Waals surface area (Å²) in [5.41, 5.74) is 13.0. The van der Waals surface area contributed by atoms with E-state index in [0.717, 1.165) is 28.2 Å². The molecule has 0 bridgehead atoms. The van der Waals surface area contributed by atoms with Gasteiger partial charge < -0.3 is 4.90 Å². The second-order valence-corrected chi connectivity index (χ2v) is 16.5. The Hall–Kier alpha value is -8.00. The van der Waals surface area contributed by atoms with Crippen LogP contribution in [-0.2, 0) is 5.41 Å². The minimum absolute atomic E-state index is 0.430. The van der Waals surface area contributed by atoms with Crippen LogP contribution in [0.3, 0.4) is 0 Å². The Bertz CT molecular complexity index is 3370. The van der Waals surface area contributed by atoms with Crippen LogP contribution in [-0.4, -0.2) is 0 Å². The van der Waals surface area contributed by atoms with Gasteiger partial charge in [0.1, 0.15) is 0 Å². The average molecular weight is 788 g/mol. The van der Waals surface area contributed by atoms with E-state index in [-0.39, 0.29) is 0 Å². The van der Waals surface area contributed by atoms with Crippen molar-refractivity contribution in [2.75, 3.05) is 4.90 Å². The normalized spacial score (nSPS) is 12.9. The number of benzene rings is 11. The van der Waals surface area contributed by atoms with Gasteiger partial charge in [0.25, 0.3) is 0 Å². The van der Waals surface area contributed by atoms with Gasteiger partial charge in [0, 0.05) is 17.1 Å². The summed E-state index contributed by atoms with van der Waals surface area (Å²) in [6.07, 6.45) is 4.43. The minimum Gasteiger partial charge on any atom is -0.310 e. The molecular weight excluding hydrogens is 747 g/mol. The number of rotatable bonds is 8. The lowest BCUT2D eigenvalue weighted by molar-refractivity contribution is 0.771. The maximum Gasteiger partial charge on any atom is 0.0714 e. The van der Waals surface area contributed by atoms with Crippen molar-refractivity contribution in [2.24, 2.45) is 0 Å². The maximum atomic E-state index is 2.47. The second-order valence-electron chi connectivity index (χ2n) is 16.5. The Balaban J connectivity index is 0.879. The fourth-order valence-corrected chi connectivity index (χ4v) is 10.1. The van der Waals surface area contributed by atoms with Crippen molar-refractivity contribution in [3.05, 3.63) is 270 Å². The number of hydrogen-bond donors (Lipinski definition) is 0. The van der Waals surface area contributed by atoms with E-state index in [1.807, 2.05) is 0 Å². The number of hydrogen-bond acceptors (Lipinski definition) is 1. The fourth-order valence-electron chi connectivity index (χ4n) is 10.1. The summed E-state index contributed by atoms with van der Waals surface area (Å²) in [5.74, 6) is 0. The van der Waals surface area contributed by atoms with Gasteiger partial charge in [-0.05, 0) is 136 Å². The predicted molar refractivity (Wildman–Crippen MR) is 264 cm³/mol. The molecule has 0 amide bonds. The highest BCUT2D eigenvalue weighted by atomic mass is 15.1. The van der Waals surface area contributed by atoms with Crippen molar-refractivity contribution in [1.29, 1.82) is 0 Å². The molecule has 0 radical (unpaired) electrons. The Morgan fingerprint density at radius 2 is 0.758 bits per heavy atom. The Labute approximate surface area is 362 Å². The summed E-state index contributed by atoms with van der Waals surface area (Å²) >= 11 is 0. The molecule has 12 rings (SSSR count). The van der Waals surface area contributed by atoms with Gasteiger partial charge in [-0.1, -0.05) is 200 Å². The van der Waals surface area contributed by atoms with E-state index in [0.29, 0.717) is 0 Å². The van der Waals surface area contributed by atoms with Crippen LogP contribution in [0.1, 0.15) is 33.4 Å². The van der Waals surface area contributed by atoms with Crippen molar-refractivity contribution in [3.63, 3.8) is 0 Å². The topological polar surface area (TPSA) is 3.24 Å². The summed E-state index contributed by atoms with van der Waals surface area (Å²) in [5, 5.41) is 10.2. The Morgan fingerprint density at radius 1 is 0.290 bits per heavy atom. The summed E-state index contributed by atoms with van der Waals surface area (Å²) < 4.78 is 0. The Morgan fingerprint density at radius 3 is 1.35 bits per heavy atom. The van der Waals surface area contributed by atoms with E-state index in [9.17, 15) is 0 Å². The van der Waals surface area contributed by atoms with E-state index in [1.54, 1.807) is 0 Å². The SMILES string of the molecule is C(=C\c1ccc(N(c2ccc3ccccc3c2)c2ccc3ccccc3c2)cc1)/c1ccc(-c2cc3c4c(ccc5cccc(c54)C3(c3ccccc3)c3ccccc3)c2)cc1. The van der Waals surface area contributed by atoms with E-state index in [4.69, 9.17) is 0 Å². The first kappa shape index (κ1) is 35.9. The molecule has 1 nitrogen and oxygen atoms in total. The molecule has 11 aromatic rings. The monoisotopic (exact) mass is 787 g/mol. The van der Waals surface area contributed by atoms with Crippen molar-refractivity contribution in [3.8, 4) is 11.1 Å². The van der Waals surface area contributed by atoms with Gasteiger partial charge in [-0.3, -0.25) is 0 Å². The molecule has 0 fully saturated rings. The average Bonchev–Trinajstić information content (AvgIpc) is 3.65. The lowest BCUT2D eigenvalue weighted by Gasteiger charge is -2.34. The van der Waals surface area contributed by atoms with Crippen LogP contribution in [0.25, 0.3) is 66.4 Å². The highest BCUT2D eigenvalue weighted by Crippen LogP contribution is 2.56. The van der Waals surface area contributed by atoms with Gasteiger partial charge in [-0.25, -0.2) is 0 Å². The first-order chi connectivity index (χ1) is 30.7. The summed E-state index contributed by atoms with van der Waals surface area (Å²) in [7, 11) is 0. The van der Waals surface area contributed by atoms with Crippen LogP contribution in [0.5, 0.6) is 0 Å². The van der Waals surface area contributed by atoms with Crippen LogP contribution in [0.2, 0.25) is 0 Å². The van der Waals surface area contributed by atoms with Crippen molar-refractivity contribution < 1.29 is 0 Å². The standard InChI is InChI=1S/C61H41N/c1-3-17-52(18-4-1)61(53-19-5-2-6-20-53)57-21-11-16-47-30-31-50-38-51(41-58(61)60(50)59(47)57)46-28-24-42(25-29-46)22-23-43-26-34-54(35-27-43)62(55-36-32-44-12-7-9-14-48(44)39-55)56-37-33-45-13-8-10-15-49(45)40-56/h1-41H/b23-22+. The summed E-state index contributed by atoms with van der Waals surface area (Å²) in [4.78, 5) is 2.36. The third kappa shape index (κ3) is 5.85. The third-order valence-electron chi connectivity index (χ3n) is 13.0. The Kier molecular flexibility index (Phi) is 8.47. The zero-order chi connectivity index (χ0) is 41.0. The molecule has 0 aromatic heterocycles. The molecule has 0 atom stereocenters.